The van der Waals surface area contributed by atoms with E-state index >= 15 is 0 Å². The number of hydrogen-bond acceptors (Lipinski definition) is 4. The molecule has 0 bridgehead atoms. The van der Waals surface area contributed by atoms with Gasteiger partial charge < -0.3 is 14.8 Å². The van der Waals surface area contributed by atoms with Gasteiger partial charge in [0.05, 0.1) is 6.61 Å². The molecule has 0 saturated carbocycles. The van der Waals surface area contributed by atoms with Crippen LogP contribution in [0, 0.1) is 0 Å². The van der Waals surface area contributed by atoms with Crippen LogP contribution >= 0.6 is 0 Å². The summed E-state index contributed by atoms with van der Waals surface area (Å²) < 4.78 is 10.6. The van der Waals surface area contributed by atoms with Crippen LogP contribution in [0.2, 0.25) is 0 Å². The van der Waals surface area contributed by atoms with Gasteiger partial charge in [0.1, 0.15) is 11.5 Å². The van der Waals surface area contributed by atoms with Gasteiger partial charge in [-0.25, -0.2) is 4.79 Å². The number of rotatable bonds is 7. The first-order valence-electron chi connectivity index (χ1n) is 7.64. The fraction of sp³-hybridized carbons (Fsp3) is 0.222. The van der Waals surface area contributed by atoms with Gasteiger partial charge in [0.25, 0.3) is 5.91 Å². The zero-order valence-electron chi connectivity index (χ0n) is 13.5. The van der Waals surface area contributed by atoms with Crippen molar-refractivity contribution in [3.8, 4) is 11.5 Å². The molecule has 0 aliphatic carbocycles. The molecule has 2 aromatic rings. The molecule has 0 aliphatic heterocycles. The van der Waals surface area contributed by atoms with E-state index in [2.05, 4.69) is 10.6 Å². The van der Waals surface area contributed by atoms with Gasteiger partial charge in [0.2, 0.25) is 0 Å². The molecular weight excluding hydrogens is 308 g/mol. The van der Waals surface area contributed by atoms with Crippen molar-refractivity contribution in [2.45, 2.75) is 13.5 Å². The number of carbonyl (C=O) groups is 2. The fourth-order valence-electron chi connectivity index (χ4n) is 1.93. The Morgan fingerprint density at radius 2 is 1.54 bits per heavy atom. The number of benzene rings is 2. The molecule has 3 amide bonds. The Morgan fingerprint density at radius 1 is 0.917 bits per heavy atom. The number of amides is 3. The summed E-state index contributed by atoms with van der Waals surface area (Å²) in [6.45, 7) is 2.59. The van der Waals surface area contributed by atoms with E-state index in [0.717, 1.165) is 11.3 Å². The SMILES string of the molecule is CCOc1ccc(OCC(=O)NC(=O)NCc2ccccc2)cc1. The standard InChI is InChI=1S/C18H20N2O4/c1-2-23-15-8-10-16(11-9-15)24-13-17(21)20-18(22)19-12-14-6-4-3-5-7-14/h3-11H,2,12-13H2,1H3,(H2,19,20,21,22). The molecule has 126 valence electrons. The van der Waals surface area contributed by atoms with Gasteiger partial charge in [-0.15, -0.1) is 0 Å². The van der Waals surface area contributed by atoms with Crippen LogP contribution < -0.4 is 20.1 Å². The van der Waals surface area contributed by atoms with E-state index in [4.69, 9.17) is 9.47 Å². The molecule has 0 radical (unpaired) electrons. The fourth-order valence-corrected chi connectivity index (χ4v) is 1.93. The van der Waals surface area contributed by atoms with Crippen LogP contribution in [-0.4, -0.2) is 25.2 Å². The van der Waals surface area contributed by atoms with E-state index in [1.54, 1.807) is 24.3 Å². The minimum absolute atomic E-state index is 0.243. The topological polar surface area (TPSA) is 76.7 Å². The van der Waals surface area contributed by atoms with Crippen molar-refractivity contribution in [1.29, 1.82) is 0 Å². The molecular formula is C18H20N2O4. The van der Waals surface area contributed by atoms with Crippen LogP contribution in [0.4, 0.5) is 4.79 Å². The molecule has 6 heteroatoms. The third-order valence-corrected chi connectivity index (χ3v) is 3.05. The first-order chi connectivity index (χ1) is 11.7. The molecule has 0 fully saturated rings. The highest BCUT2D eigenvalue weighted by Crippen LogP contribution is 2.17. The van der Waals surface area contributed by atoms with Crippen molar-refractivity contribution in [2.24, 2.45) is 0 Å². The van der Waals surface area contributed by atoms with Gasteiger partial charge in [-0.2, -0.15) is 0 Å². The minimum atomic E-state index is -0.556. The lowest BCUT2D eigenvalue weighted by atomic mass is 10.2. The number of imide groups is 1. The summed E-state index contributed by atoms with van der Waals surface area (Å²) in [5, 5.41) is 4.82. The van der Waals surface area contributed by atoms with Crippen LogP contribution in [0.5, 0.6) is 11.5 Å². The predicted octanol–water partition coefficient (Wildman–Crippen LogP) is 2.49. The van der Waals surface area contributed by atoms with Crippen LogP contribution in [0.1, 0.15) is 12.5 Å². The van der Waals surface area contributed by atoms with Crippen molar-refractivity contribution in [2.75, 3.05) is 13.2 Å². The van der Waals surface area contributed by atoms with E-state index in [-0.39, 0.29) is 6.61 Å². The lowest BCUT2D eigenvalue weighted by Crippen LogP contribution is -2.41. The Morgan fingerprint density at radius 3 is 2.17 bits per heavy atom. The Kier molecular flexibility index (Phi) is 6.64. The normalized spacial score (nSPS) is 9.88. The van der Waals surface area contributed by atoms with Crippen molar-refractivity contribution < 1.29 is 19.1 Å². The lowest BCUT2D eigenvalue weighted by Gasteiger charge is -2.09. The van der Waals surface area contributed by atoms with Gasteiger partial charge in [-0.3, -0.25) is 10.1 Å². The number of carbonyl (C=O) groups excluding carboxylic acids is 2. The second-order valence-electron chi connectivity index (χ2n) is 4.91. The summed E-state index contributed by atoms with van der Waals surface area (Å²) in [6, 6.07) is 15.8. The lowest BCUT2D eigenvalue weighted by molar-refractivity contribution is -0.122. The third kappa shape index (κ3) is 6.00. The zero-order chi connectivity index (χ0) is 17.2. The molecule has 0 aromatic heterocycles. The average Bonchev–Trinajstić information content (AvgIpc) is 2.60. The number of hydrogen-bond donors (Lipinski definition) is 2. The number of urea groups is 1. The Labute approximate surface area is 140 Å². The molecule has 6 nitrogen and oxygen atoms in total. The first-order valence-corrected chi connectivity index (χ1v) is 7.64. The van der Waals surface area contributed by atoms with E-state index in [0.29, 0.717) is 18.9 Å². The number of ether oxygens (including phenoxy) is 2. The average molecular weight is 328 g/mol. The molecule has 24 heavy (non-hydrogen) atoms. The van der Waals surface area contributed by atoms with Crippen LogP contribution in [-0.2, 0) is 11.3 Å². The molecule has 0 spiro atoms. The van der Waals surface area contributed by atoms with Gasteiger partial charge >= 0.3 is 6.03 Å². The maximum Gasteiger partial charge on any atom is 0.321 e. The summed E-state index contributed by atoms with van der Waals surface area (Å²) in [4.78, 5) is 23.3. The van der Waals surface area contributed by atoms with E-state index in [1.165, 1.54) is 0 Å². The molecule has 2 aromatic carbocycles. The van der Waals surface area contributed by atoms with Crippen molar-refractivity contribution in [3.05, 3.63) is 60.2 Å². The van der Waals surface area contributed by atoms with Crippen LogP contribution in [0.3, 0.4) is 0 Å². The Balaban J connectivity index is 1.69. The van der Waals surface area contributed by atoms with Gasteiger partial charge in [-0.1, -0.05) is 30.3 Å². The molecule has 0 saturated heterocycles. The van der Waals surface area contributed by atoms with Gasteiger partial charge in [0, 0.05) is 6.54 Å². The monoisotopic (exact) mass is 328 g/mol. The van der Waals surface area contributed by atoms with Crippen molar-refractivity contribution in [3.63, 3.8) is 0 Å². The van der Waals surface area contributed by atoms with Crippen molar-refractivity contribution in [1.82, 2.24) is 10.6 Å². The summed E-state index contributed by atoms with van der Waals surface area (Å²) in [6.07, 6.45) is 0. The summed E-state index contributed by atoms with van der Waals surface area (Å²) in [5.41, 5.74) is 0.950. The summed E-state index contributed by atoms with van der Waals surface area (Å²) >= 11 is 0. The third-order valence-electron chi connectivity index (χ3n) is 3.05. The zero-order valence-corrected chi connectivity index (χ0v) is 13.5. The Bertz CT molecular complexity index is 656. The number of nitrogens with one attached hydrogen (secondary N) is 2. The highest BCUT2D eigenvalue weighted by Gasteiger charge is 2.08. The molecule has 2 rings (SSSR count). The Hall–Kier alpha value is -3.02. The largest absolute Gasteiger partial charge is 0.494 e. The van der Waals surface area contributed by atoms with Crippen LogP contribution in [0.15, 0.2) is 54.6 Å². The molecule has 2 N–H and O–H groups in total. The van der Waals surface area contributed by atoms with Gasteiger partial charge in [-0.05, 0) is 36.8 Å². The molecule has 0 atom stereocenters. The maximum absolute atomic E-state index is 11.7. The quantitative estimate of drug-likeness (QED) is 0.819. The second kappa shape index (κ2) is 9.19. The minimum Gasteiger partial charge on any atom is -0.494 e. The molecule has 0 aliphatic rings. The van der Waals surface area contributed by atoms with E-state index in [1.807, 2.05) is 37.3 Å². The summed E-state index contributed by atoms with van der Waals surface area (Å²) in [7, 11) is 0. The van der Waals surface area contributed by atoms with Gasteiger partial charge in [0.15, 0.2) is 6.61 Å². The second-order valence-corrected chi connectivity index (χ2v) is 4.91. The molecule has 0 heterocycles. The molecule has 0 unspecified atom stereocenters. The van der Waals surface area contributed by atoms with E-state index in [9.17, 15) is 9.59 Å². The van der Waals surface area contributed by atoms with Crippen LogP contribution in [0.25, 0.3) is 0 Å². The van der Waals surface area contributed by atoms with E-state index < -0.39 is 11.9 Å². The summed E-state index contributed by atoms with van der Waals surface area (Å²) in [5.74, 6) is 0.738. The highest BCUT2D eigenvalue weighted by atomic mass is 16.5. The first kappa shape index (κ1) is 17.3. The maximum atomic E-state index is 11.7. The predicted molar refractivity (Wildman–Crippen MR) is 89.9 cm³/mol. The van der Waals surface area contributed by atoms with Crippen molar-refractivity contribution >= 4 is 11.9 Å². The highest BCUT2D eigenvalue weighted by molar-refractivity contribution is 5.94. The smallest absolute Gasteiger partial charge is 0.321 e.